The fourth-order valence-electron chi connectivity index (χ4n) is 6.90. The van der Waals surface area contributed by atoms with E-state index < -0.39 is 15.6 Å². The van der Waals surface area contributed by atoms with Gasteiger partial charge in [-0.25, -0.2) is 8.42 Å². The molecule has 0 amide bonds. The summed E-state index contributed by atoms with van der Waals surface area (Å²) in [6.07, 6.45) is 10.4. The minimum atomic E-state index is -3.66. The number of hydrogen-bond donors (Lipinski definition) is 1. The zero-order valence-electron chi connectivity index (χ0n) is 15.8. The van der Waals surface area contributed by atoms with Crippen molar-refractivity contribution in [3.8, 4) is 0 Å². The Morgan fingerprint density at radius 1 is 0.963 bits per heavy atom. The first kappa shape index (κ1) is 17.9. The Bertz CT molecular complexity index is 806. The lowest BCUT2D eigenvalue weighted by molar-refractivity contribution is -0.136. The van der Waals surface area contributed by atoms with Crippen LogP contribution in [-0.2, 0) is 14.8 Å². The first-order valence-electron chi connectivity index (χ1n) is 10.5. The number of carbonyl (C=O) groups excluding carboxylic acids is 1. The van der Waals surface area contributed by atoms with E-state index in [0.29, 0.717) is 19.3 Å². The molecule has 0 unspecified atom stereocenters. The van der Waals surface area contributed by atoms with Crippen molar-refractivity contribution < 1.29 is 13.2 Å². The molecular formula is C22H29NO3S. The Kier molecular flexibility index (Phi) is 4.07. The van der Waals surface area contributed by atoms with Gasteiger partial charge in [-0.15, -0.1) is 0 Å². The maximum atomic E-state index is 13.4. The number of ketones is 1. The van der Waals surface area contributed by atoms with Crippen LogP contribution in [0.15, 0.2) is 35.2 Å². The molecule has 0 saturated heterocycles. The van der Waals surface area contributed by atoms with Gasteiger partial charge >= 0.3 is 0 Å². The van der Waals surface area contributed by atoms with E-state index in [1.54, 1.807) is 30.3 Å². The van der Waals surface area contributed by atoms with Crippen molar-refractivity contribution in [2.24, 2.45) is 23.2 Å². The summed E-state index contributed by atoms with van der Waals surface area (Å²) in [6.45, 7) is 0. The van der Waals surface area contributed by atoms with Gasteiger partial charge in [-0.3, -0.25) is 4.79 Å². The average Bonchev–Trinajstić information content (AvgIpc) is 2.57. The monoisotopic (exact) mass is 387 g/mol. The third-order valence-corrected chi connectivity index (χ3v) is 9.38. The van der Waals surface area contributed by atoms with E-state index in [-0.39, 0.29) is 16.1 Å². The Hall–Kier alpha value is -1.20. The van der Waals surface area contributed by atoms with E-state index in [1.807, 2.05) is 0 Å². The quantitative estimate of drug-likeness (QED) is 0.800. The van der Waals surface area contributed by atoms with Gasteiger partial charge in [-0.05, 0) is 93.1 Å². The van der Waals surface area contributed by atoms with Gasteiger partial charge in [0.25, 0.3) is 0 Å². The maximum Gasteiger partial charge on any atom is 0.241 e. The van der Waals surface area contributed by atoms with Crippen LogP contribution in [0.1, 0.15) is 64.2 Å². The Morgan fingerprint density at radius 2 is 1.52 bits per heavy atom. The SMILES string of the molecule is O=C(CC12CC3CC(CC(C3)C1)C2)C1(NS(=O)(=O)c2ccccc2)CCC1. The lowest BCUT2D eigenvalue weighted by Crippen LogP contribution is -2.60. The second kappa shape index (κ2) is 6.15. The average molecular weight is 388 g/mol. The largest absolute Gasteiger partial charge is 0.298 e. The summed E-state index contributed by atoms with van der Waals surface area (Å²) < 4.78 is 28.5. The van der Waals surface area contributed by atoms with Gasteiger partial charge in [0, 0.05) is 6.42 Å². The molecule has 0 radical (unpaired) electrons. The molecule has 5 heteroatoms. The molecule has 1 aromatic rings. The second-order valence-electron chi connectivity index (χ2n) is 9.87. The molecule has 5 aliphatic rings. The summed E-state index contributed by atoms with van der Waals surface area (Å²) in [5.74, 6) is 2.57. The molecule has 4 bridgehead atoms. The molecule has 146 valence electrons. The minimum Gasteiger partial charge on any atom is -0.298 e. The lowest BCUT2D eigenvalue weighted by Gasteiger charge is -2.57. The van der Waals surface area contributed by atoms with E-state index in [0.717, 1.165) is 24.2 Å². The van der Waals surface area contributed by atoms with E-state index in [4.69, 9.17) is 0 Å². The Balaban J connectivity index is 1.36. The van der Waals surface area contributed by atoms with Crippen LogP contribution in [0.2, 0.25) is 0 Å². The molecule has 5 fully saturated rings. The molecule has 1 aromatic carbocycles. The summed E-state index contributed by atoms with van der Waals surface area (Å²) in [7, 11) is -3.66. The van der Waals surface area contributed by atoms with Crippen LogP contribution in [0.4, 0.5) is 0 Å². The molecule has 27 heavy (non-hydrogen) atoms. The number of benzene rings is 1. The predicted molar refractivity (Wildman–Crippen MR) is 104 cm³/mol. The fourth-order valence-corrected chi connectivity index (χ4v) is 8.37. The van der Waals surface area contributed by atoms with Gasteiger partial charge in [0.1, 0.15) is 0 Å². The molecule has 5 aliphatic carbocycles. The third kappa shape index (κ3) is 3.07. The van der Waals surface area contributed by atoms with Gasteiger partial charge in [0.05, 0.1) is 10.4 Å². The highest BCUT2D eigenvalue weighted by Gasteiger charge is 2.55. The summed E-state index contributed by atoms with van der Waals surface area (Å²) >= 11 is 0. The molecule has 0 heterocycles. The zero-order valence-corrected chi connectivity index (χ0v) is 16.6. The zero-order chi connectivity index (χ0) is 18.7. The van der Waals surface area contributed by atoms with Crippen LogP contribution in [0, 0.1) is 23.2 Å². The number of hydrogen-bond acceptors (Lipinski definition) is 3. The molecule has 1 N–H and O–H groups in total. The van der Waals surface area contributed by atoms with Crippen molar-refractivity contribution in [1.29, 1.82) is 0 Å². The van der Waals surface area contributed by atoms with Crippen molar-refractivity contribution in [3.05, 3.63) is 30.3 Å². The molecule has 0 aromatic heterocycles. The van der Waals surface area contributed by atoms with Gasteiger partial charge in [0.15, 0.2) is 5.78 Å². The van der Waals surface area contributed by atoms with Crippen LogP contribution >= 0.6 is 0 Å². The van der Waals surface area contributed by atoms with Gasteiger partial charge in [0.2, 0.25) is 10.0 Å². The molecule has 5 saturated carbocycles. The molecule has 6 rings (SSSR count). The summed E-state index contributed by atoms with van der Waals surface area (Å²) in [5.41, 5.74) is -0.704. The highest BCUT2D eigenvalue weighted by Crippen LogP contribution is 2.61. The highest BCUT2D eigenvalue weighted by atomic mass is 32.2. The molecular weight excluding hydrogens is 358 g/mol. The summed E-state index contributed by atoms with van der Waals surface area (Å²) in [4.78, 5) is 13.7. The normalized spacial score (nSPS) is 36.4. The van der Waals surface area contributed by atoms with Crippen molar-refractivity contribution >= 4 is 15.8 Å². The van der Waals surface area contributed by atoms with Crippen LogP contribution < -0.4 is 4.72 Å². The lowest BCUT2D eigenvalue weighted by atomic mass is 9.48. The predicted octanol–water partition coefficient (Wildman–Crippen LogP) is 4.06. The molecule has 0 aliphatic heterocycles. The first-order chi connectivity index (χ1) is 12.9. The Labute approximate surface area is 162 Å². The molecule has 0 spiro atoms. The third-order valence-electron chi connectivity index (χ3n) is 7.82. The molecule has 4 nitrogen and oxygen atoms in total. The van der Waals surface area contributed by atoms with Gasteiger partial charge in [-0.2, -0.15) is 4.72 Å². The van der Waals surface area contributed by atoms with E-state index in [9.17, 15) is 13.2 Å². The highest BCUT2D eigenvalue weighted by molar-refractivity contribution is 7.89. The Morgan fingerprint density at radius 3 is 2.00 bits per heavy atom. The summed E-state index contributed by atoms with van der Waals surface area (Å²) in [6, 6.07) is 8.44. The number of rotatable bonds is 6. The minimum absolute atomic E-state index is 0.148. The standard InChI is InChI=1S/C22H29NO3S/c24-20(15-21-12-16-9-17(13-21)11-18(10-16)14-21)22(7-4-8-22)23-27(25,26)19-5-2-1-3-6-19/h1-3,5-6,16-18,23H,4,7-15H2. The number of nitrogens with one attached hydrogen (secondary N) is 1. The fraction of sp³-hybridized carbons (Fsp3) is 0.682. The van der Waals surface area contributed by atoms with Crippen LogP contribution in [0.25, 0.3) is 0 Å². The van der Waals surface area contributed by atoms with Crippen LogP contribution in [-0.4, -0.2) is 19.7 Å². The topological polar surface area (TPSA) is 63.2 Å². The first-order valence-corrected chi connectivity index (χ1v) is 12.0. The molecule has 0 atom stereocenters. The van der Waals surface area contributed by atoms with Gasteiger partial charge < -0.3 is 0 Å². The van der Waals surface area contributed by atoms with Crippen LogP contribution in [0.3, 0.4) is 0 Å². The second-order valence-corrected chi connectivity index (χ2v) is 11.6. The number of sulfonamides is 1. The van der Waals surface area contributed by atoms with Crippen molar-refractivity contribution in [2.45, 2.75) is 74.6 Å². The number of Topliss-reactive ketones (excluding diaryl/α,β-unsaturated/α-hetero) is 1. The number of carbonyl (C=O) groups is 1. The summed E-state index contributed by atoms with van der Waals surface area (Å²) in [5, 5.41) is 0. The van der Waals surface area contributed by atoms with E-state index in [2.05, 4.69) is 4.72 Å². The van der Waals surface area contributed by atoms with Crippen LogP contribution in [0.5, 0.6) is 0 Å². The van der Waals surface area contributed by atoms with E-state index in [1.165, 1.54) is 38.5 Å². The van der Waals surface area contributed by atoms with E-state index >= 15 is 0 Å². The van der Waals surface area contributed by atoms with Crippen molar-refractivity contribution in [3.63, 3.8) is 0 Å². The smallest absolute Gasteiger partial charge is 0.241 e. The van der Waals surface area contributed by atoms with Crippen molar-refractivity contribution in [2.75, 3.05) is 0 Å². The van der Waals surface area contributed by atoms with Gasteiger partial charge in [-0.1, -0.05) is 18.2 Å². The maximum absolute atomic E-state index is 13.4. The van der Waals surface area contributed by atoms with Crippen molar-refractivity contribution in [1.82, 2.24) is 4.72 Å².